The van der Waals surface area contributed by atoms with Crippen LogP contribution in [0.5, 0.6) is 11.5 Å². The number of amides is 1. The second-order valence-corrected chi connectivity index (χ2v) is 4.24. The lowest BCUT2D eigenvalue weighted by Gasteiger charge is -2.14. The number of benzene rings is 1. The average molecular weight is 265 g/mol. The molecule has 2 rings (SSSR count). The molecule has 1 heterocycles. The largest absolute Gasteiger partial charge is 0.481 e. The van der Waals surface area contributed by atoms with Crippen LogP contribution in [0.3, 0.4) is 0 Å². The van der Waals surface area contributed by atoms with Crippen molar-refractivity contribution in [1.29, 1.82) is 0 Å². The lowest BCUT2D eigenvalue weighted by atomic mass is 10.1. The van der Waals surface area contributed by atoms with Gasteiger partial charge in [0.2, 0.25) is 6.79 Å². The zero-order valence-electron chi connectivity index (χ0n) is 10.5. The number of carbonyl (C=O) groups excluding carboxylic acids is 1. The molecule has 0 aromatic heterocycles. The number of aliphatic carboxylic acids is 1. The van der Waals surface area contributed by atoms with Crippen molar-refractivity contribution in [1.82, 2.24) is 5.32 Å². The first-order valence-corrected chi connectivity index (χ1v) is 6.02. The van der Waals surface area contributed by atoms with Gasteiger partial charge < -0.3 is 19.9 Å². The lowest BCUT2D eigenvalue weighted by Crippen LogP contribution is -2.35. The van der Waals surface area contributed by atoms with E-state index < -0.39 is 5.97 Å². The minimum atomic E-state index is -0.933. The summed E-state index contributed by atoms with van der Waals surface area (Å²) in [6, 6.07) is 4.49. The van der Waals surface area contributed by atoms with Gasteiger partial charge in [-0.1, -0.05) is 6.92 Å². The van der Waals surface area contributed by atoms with Gasteiger partial charge in [-0.3, -0.25) is 9.59 Å². The van der Waals surface area contributed by atoms with Crippen molar-refractivity contribution in [3.63, 3.8) is 0 Å². The molecule has 0 radical (unpaired) electrons. The van der Waals surface area contributed by atoms with Gasteiger partial charge in [0, 0.05) is 11.6 Å². The second kappa shape index (κ2) is 5.60. The van der Waals surface area contributed by atoms with Crippen LogP contribution in [0.15, 0.2) is 18.2 Å². The van der Waals surface area contributed by atoms with Crippen LogP contribution in [0.25, 0.3) is 0 Å². The van der Waals surface area contributed by atoms with Crippen molar-refractivity contribution >= 4 is 11.9 Å². The number of carbonyl (C=O) groups is 2. The van der Waals surface area contributed by atoms with Crippen LogP contribution in [-0.4, -0.2) is 29.8 Å². The molecule has 1 aliphatic heterocycles. The zero-order chi connectivity index (χ0) is 13.8. The maximum absolute atomic E-state index is 12.0. The Labute approximate surface area is 110 Å². The zero-order valence-corrected chi connectivity index (χ0v) is 10.5. The number of carboxylic acid groups (broad SMARTS) is 1. The molecule has 0 bridgehead atoms. The van der Waals surface area contributed by atoms with Crippen LogP contribution in [0.1, 0.15) is 30.1 Å². The van der Waals surface area contributed by atoms with E-state index in [1.165, 1.54) is 0 Å². The van der Waals surface area contributed by atoms with Gasteiger partial charge in [-0.2, -0.15) is 0 Å². The van der Waals surface area contributed by atoms with Crippen molar-refractivity contribution in [2.45, 2.75) is 25.8 Å². The highest BCUT2D eigenvalue weighted by Gasteiger charge is 2.19. The Bertz CT molecular complexity index is 500. The number of nitrogens with one attached hydrogen (secondary N) is 1. The average Bonchev–Trinajstić information content (AvgIpc) is 2.84. The van der Waals surface area contributed by atoms with Gasteiger partial charge >= 0.3 is 5.97 Å². The molecule has 0 saturated carbocycles. The molecule has 0 fully saturated rings. The van der Waals surface area contributed by atoms with Crippen molar-refractivity contribution in [2.24, 2.45) is 0 Å². The molecule has 1 unspecified atom stereocenters. The Morgan fingerprint density at radius 3 is 2.79 bits per heavy atom. The highest BCUT2D eigenvalue weighted by atomic mass is 16.7. The third-order valence-electron chi connectivity index (χ3n) is 2.88. The molecule has 0 spiro atoms. The maximum Gasteiger partial charge on any atom is 0.305 e. The third kappa shape index (κ3) is 3.15. The van der Waals surface area contributed by atoms with Crippen molar-refractivity contribution < 1.29 is 24.2 Å². The van der Waals surface area contributed by atoms with E-state index in [2.05, 4.69) is 5.32 Å². The third-order valence-corrected chi connectivity index (χ3v) is 2.88. The summed E-state index contributed by atoms with van der Waals surface area (Å²) in [6.45, 7) is 1.98. The van der Waals surface area contributed by atoms with Gasteiger partial charge in [0.05, 0.1) is 6.42 Å². The van der Waals surface area contributed by atoms with Crippen molar-refractivity contribution in [2.75, 3.05) is 6.79 Å². The molecule has 0 aliphatic carbocycles. The van der Waals surface area contributed by atoms with E-state index in [0.29, 0.717) is 23.5 Å². The standard InChI is InChI=1S/C13H15NO5/c1-2-9(6-12(15)16)14-13(17)8-3-4-10-11(5-8)19-7-18-10/h3-5,9H,2,6-7H2,1H3,(H,14,17)(H,15,16). The first-order valence-electron chi connectivity index (χ1n) is 6.02. The molecule has 19 heavy (non-hydrogen) atoms. The Balaban J connectivity index is 2.05. The highest BCUT2D eigenvalue weighted by Crippen LogP contribution is 2.32. The monoisotopic (exact) mass is 265 g/mol. The summed E-state index contributed by atoms with van der Waals surface area (Å²) in [5.41, 5.74) is 0.424. The van der Waals surface area contributed by atoms with Gasteiger partial charge in [0.1, 0.15) is 0 Å². The van der Waals surface area contributed by atoms with Crippen LogP contribution in [-0.2, 0) is 4.79 Å². The Hall–Kier alpha value is -2.24. The molecule has 1 amide bonds. The van der Waals surface area contributed by atoms with Gasteiger partial charge in [0.15, 0.2) is 11.5 Å². The van der Waals surface area contributed by atoms with Crippen molar-refractivity contribution in [3.8, 4) is 11.5 Å². The van der Waals surface area contributed by atoms with Crippen LogP contribution in [0.4, 0.5) is 0 Å². The summed E-state index contributed by atoms with van der Waals surface area (Å²) in [4.78, 5) is 22.6. The first kappa shape index (κ1) is 13.2. The van der Waals surface area contributed by atoms with Gasteiger partial charge in [-0.05, 0) is 24.6 Å². The predicted octanol–water partition coefficient (Wildman–Crippen LogP) is 1.40. The minimum Gasteiger partial charge on any atom is -0.481 e. The molecule has 1 aromatic carbocycles. The van der Waals surface area contributed by atoms with Gasteiger partial charge in [0.25, 0.3) is 5.91 Å². The lowest BCUT2D eigenvalue weighted by molar-refractivity contribution is -0.137. The number of hydrogen-bond acceptors (Lipinski definition) is 4. The molecule has 102 valence electrons. The summed E-state index contributed by atoms with van der Waals surface area (Å²) in [6.07, 6.45) is 0.468. The fourth-order valence-corrected chi connectivity index (χ4v) is 1.81. The summed E-state index contributed by atoms with van der Waals surface area (Å²) in [7, 11) is 0. The Morgan fingerprint density at radius 2 is 2.11 bits per heavy atom. The predicted molar refractivity (Wildman–Crippen MR) is 66.4 cm³/mol. The molecular weight excluding hydrogens is 250 g/mol. The second-order valence-electron chi connectivity index (χ2n) is 4.24. The van der Waals surface area contributed by atoms with E-state index in [4.69, 9.17) is 14.6 Å². The van der Waals surface area contributed by atoms with E-state index >= 15 is 0 Å². The topological polar surface area (TPSA) is 84.9 Å². The Kier molecular flexibility index (Phi) is 3.89. The first-order chi connectivity index (χ1) is 9.10. The highest BCUT2D eigenvalue weighted by molar-refractivity contribution is 5.95. The van der Waals surface area contributed by atoms with Gasteiger partial charge in [-0.15, -0.1) is 0 Å². The normalized spacial score (nSPS) is 13.9. The number of hydrogen-bond donors (Lipinski definition) is 2. The molecule has 0 saturated heterocycles. The maximum atomic E-state index is 12.0. The summed E-state index contributed by atoms with van der Waals surface area (Å²) < 4.78 is 10.3. The van der Waals surface area contributed by atoms with Crippen LogP contribution >= 0.6 is 0 Å². The summed E-state index contributed by atoms with van der Waals surface area (Å²) >= 11 is 0. The van der Waals surface area contributed by atoms with Crippen LogP contribution in [0.2, 0.25) is 0 Å². The number of fused-ring (bicyclic) bond motifs is 1. The van der Waals surface area contributed by atoms with E-state index in [1.54, 1.807) is 18.2 Å². The molecule has 2 N–H and O–H groups in total. The molecule has 6 heteroatoms. The molecule has 1 atom stereocenters. The summed E-state index contributed by atoms with van der Waals surface area (Å²) in [5, 5.41) is 11.4. The molecule has 1 aromatic rings. The van der Waals surface area contributed by atoms with E-state index in [0.717, 1.165) is 0 Å². The number of carboxylic acids is 1. The molecule has 6 nitrogen and oxygen atoms in total. The molecule has 1 aliphatic rings. The fourth-order valence-electron chi connectivity index (χ4n) is 1.81. The van der Waals surface area contributed by atoms with Crippen LogP contribution < -0.4 is 14.8 Å². The van der Waals surface area contributed by atoms with E-state index in [1.807, 2.05) is 6.92 Å². The fraction of sp³-hybridized carbons (Fsp3) is 0.385. The van der Waals surface area contributed by atoms with Crippen LogP contribution in [0, 0.1) is 0 Å². The smallest absolute Gasteiger partial charge is 0.305 e. The molecular formula is C13H15NO5. The quantitative estimate of drug-likeness (QED) is 0.840. The van der Waals surface area contributed by atoms with E-state index in [-0.39, 0.29) is 25.2 Å². The summed E-state index contributed by atoms with van der Waals surface area (Å²) in [5.74, 6) is -0.114. The number of rotatable bonds is 5. The number of ether oxygens (including phenoxy) is 2. The van der Waals surface area contributed by atoms with Gasteiger partial charge in [-0.25, -0.2) is 0 Å². The SMILES string of the molecule is CCC(CC(=O)O)NC(=O)c1ccc2c(c1)OCO2. The van der Waals surface area contributed by atoms with Crippen molar-refractivity contribution in [3.05, 3.63) is 23.8 Å². The Morgan fingerprint density at radius 1 is 1.37 bits per heavy atom. The van der Waals surface area contributed by atoms with E-state index in [9.17, 15) is 9.59 Å². The minimum absolute atomic E-state index is 0.0905.